The lowest BCUT2D eigenvalue weighted by Gasteiger charge is -2.23. The summed E-state index contributed by atoms with van der Waals surface area (Å²) >= 11 is 0. The lowest BCUT2D eigenvalue weighted by Crippen LogP contribution is -2.28. The number of nitrogens with two attached hydrogens (primary N) is 2. The quantitative estimate of drug-likeness (QED) is 0.580. The summed E-state index contributed by atoms with van der Waals surface area (Å²) < 4.78 is 5.70. The number of phenols is 1. The van der Waals surface area contributed by atoms with Crippen LogP contribution in [0.2, 0.25) is 0 Å². The van der Waals surface area contributed by atoms with Crippen LogP contribution in [0.5, 0.6) is 5.75 Å². The molecule has 132 valence electrons. The average molecular weight is 332 g/mol. The van der Waals surface area contributed by atoms with E-state index in [1.54, 1.807) is 25.1 Å². The Kier molecular flexibility index (Phi) is 6.67. The number of allylic oxidation sites excluding steroid dienone is 1. The van der Waals surface area contributed by atoms with E-state index in [9.17, 15) is 9.90 Å². The van der Waals surface area contributed by atoms with Gasteiger partial charge in [0, 0.05) is 5.70 Å². The second-order valence-corrected chi connectivity index (χ2v) is 6.54. The van der Waals surface area contributed by atoms with Gasteiger partial charge in [0.05, 0.1) is 11.6 Å². The van der Waals surface area contributed by atoms with Crippen molar-refractivity contribution in [3.05, 3.63) is 41.1 Å². The minimum atomic E-state index is -0.719. The molecule has 0 bridgehead atoms. The standard InChI is InChI=1S/C19H28N2O3/c1-13(20)17(18(21)14-8-7-9-15(22)12-14)19(23)24-16-10-5-3-2-4-6-11-16/h7-9,12,16,18,22H,2-6,10-11,20-21H2,1H3/b17-13+. The minimum absolute atomic E-state index is 0.0662. The predicted molar refractivity (Wildman–Crippen MR) is 94.1 cm³/mol. The number of rotatable bonds is 4. The van der Waals surface area contributed by atoms with Crippen molar-refractivity contribution in [2.75, 3.05) is 0 Å². The third-order valence-electron chi connectivity index (χ3n) is 4.51. The minimum Gasteiger partial charge on any atom is -0.508 e. The number of hydrogen-bond acceptors (Lipinski definition) is 5. The maximum absolute atomic E-state index is 12.6. The molecule has 0 radical (unpaired) electrons. The molecule has 24 heavy (non-hydrogen) atoms. The predicted octanol–water partition coefficient (Wildman–Crippen LogP) is 3.28. The normalized spacial score (nSPS) is 18.9. The first kappa shape index (κ1) is 18.3. The van der Waals surface area contributed by atoms with Gasteiger partial charge in [-0.25, -0.2) is 4.79 Å². The lowest BCUT2D eigenvalue weighted by atomic mass is 9.96. The summed E-state index contributed by atoms with van der Waals surface area (Å²) in [5, 5.41) is 9.62. The molecule has 1 aliphatic carbocycles. The van der Waals surface area contributed by atoms with E-state index in [-0.39, 0.29) is 17.4 Å². The summed E-state index contributed by atoms with van der Waals surface area (Å²) in [5.74, 6) is -0.346. The van der Waals surface area contributed by atoms with Gasteiger partial charge in [-0.1, -0.05) is 31.4 Å². The van der Waals surface area contributed by atoms with Crippen molar-refractivity contribution in [3.63, 3.8) is 0 Å². The molecule has 0 spiro atoms. The van der Waals surface area contributed by atoms with Crippen LogP contribution in [0, 0.1) is 0 Å². The number of aromatic hydroxyl groups is 1. The van der Waals surface area contributed by atoms with Crippen molar-refractivity contribution in [1.29, 1.82) is 0 Å². The first-order valence-electron chi connectivity index (χ1n) is 8.70. The zero-order valence-electron chi connectivity index (χ0n) is 14.3. The lowest BCUT2D eigenvalue weighted by molar-refractivity contribution is -0.145. The van der Waals surface area contributed by atoms with E-state index in [4.69, 9.17) is 16.2 Å². The Morgan fingerprint density at radius 1 is 1.21 bits per heavy atom. The molecule has 2 rings (SSSR count). The molecule has 1 aromatic rings. The molecule has 0 aromatic heterocycles. The van der Waals surface area contributed by atoms with Crippen LogP contribution in [0.15, 0.2) is 35.5 Å². The van der Waals surface area contributed by atoms with Gasteiger partial charge in [-0.05, 0) is 50.3 Å². The number of ether oxygens (including phenoxy) is 1. The highest BCUT2D eigenvalue weighted by Crippen LogP contribution is 2.26. The summed E-state index contributed by atoms with van der Waals surface area (Å²) in [4.78, 5) is 12.6. The van der Waals surface area contributed by atoms with Crippen LogP contribution in [0.1, 0.15) is 63.5 Å². The highest BCUT2D eigenvalue weighted by Gasteiger charge is 2.25. The third kappa shape index (κ3) is 4.99. The van der Waals surface area contributed by atoms with Crippen molar-refractivity contribution >= 4 is 5.97 Å². The smallest absolute Gasteiger partial charge is 0.337 e. The van der Waals surface area contributed by atoms with Gasteiger partial charge < -0.3 is 21.3 Å². The van der Waals surface area contributed by atoms with Crippen LogP contribution >= 0.6 is 0 Å². The van der Waals surface area contributed by atoms with Crippen LogP contribution in [-0.2, 0) is 9.53 Å². The van der Waals surface area contributed by atoms with Gasteiger partial charge in [-0.3, -0.25) is 0 Å². The summed E-state index contributed by atoms with van der Waals surface area (Å²) in [6.45, 7) is 1.65. The molecule has 5 N–H and O–H groups in total. The molecule has 1 fully saturated rings. The maximum Gasteiger partial charge on any atom is 0.337 e. The average Bonchev–Trinajstić information content (AvgIpc) is 2.49. The Balaban J connectivity index is 2.12. The summed E-state index contributed by atoms with van der Waals surface area (Å²) in [5.41, 5.74) is 13.4. The van der Waals surface area contributed by atoms with E-state index in [2.05, 4.69) is 0 Å². The van der Waals surface area contributed by atoms with Crippen molar-refractivity contribution in [1.82, 2.24) is 0 Å². The van der Waals surface area contributed by atoms with Crippen LogP contribution in [-0.4, -0.2) is 17.2 Å². The summed E-state index contributed by atoms with van der Waals surface area (Å²) in [7, 11) is 0. The van der Waals surface area contributed by atoms with E-state index in [1.807, 2.05) is 0 Å². The monoisotopic (exact) mass is 332 g/mol. The first-order valence-corrected chi connectivity index (χ1v) is 8.70. The number of benzene rings is 1. The van der Waals surface area contributed by atoms with E-state index in [1.165, 1.54) is 25.3 Å². The Bertz CT molecular complexity index is 586. The number of carbonyl (C=O) groups is 1. The van der Waals surface area contributed by atoms with E-state index >= 15 is 0 Å². The first-order chi connectivity index (χ1) is 11.5. The maximum atomic E-state index is 12.6. The van der Waals surface area contributed by atoms with Gasteiger partial charge in [0.15, 0.2) is 0 Å². The van der Waals surface area contributed by atoms with Crippen LogP contribution in [0.3, 0.4) is 0 Å². The van der Waals surface area contributed by atoms with Gasteiger partial charge in [-0.2, -0.15) is 0 Å². The second-order valence-electron chi connectivity index (χ2n) is 6.54. The molecule has 1 unspecified atom stereocenters. The zero-order valence-corrected chi connectivity index (χ0v) is 14.3. The fourth-order valence-electron chi connectivity index (χ4n) is 3.17. The van der Waals surface area contributed by atoms with Crippen LogP contribution in [0.4, 0.5) is 0 Å². The highest BCUT2D eigenvalue weighted by molar-refractivity contribution is 5.91. The van der Waals surface area contributed by atoms with Crippen molar-refractivity contribution in [2.45, 2.75) is 64.0 Å². The number of esters is 1. The molecule has 5 heteroatoms. The molecule has 0 heterocycles. The molecule has 0 amide bonds. The number of phenolic OH excluding ortho intramolecular Hbond substituents is 1. The van der Waals surface area contributed by atoms with Crippen molar-refractivity contribution in [2.24, 2.45) is 11.5 Å². The molecule has 1 saturated carbocycles. The molecule has 0 saturated heterocycles. The molecule has 1 aliphatic rings. The Labute approximate surface area is 143 Å². The zero-order chi connectivity index (χ0) is 17.5. The SMILES string of the molecule is C/C(N)=C(\C(=O)OC1CCCCCCC1)C(N)c1cccc(O)c1. The fraction of sp³-hybridized carbons (Fsp3) is 0.526. The molecule has 1 aromatic carbocycles. The van der Waals surface area contributed by atoms with Crippen LogP contribution in [0.25, 0.3) is 0 Å². The molecular weight excluding hydrogens is 304 g/mol. The summed E-state index contributed by atoms with van der Waals surface area (Å²) in [6.07, 6.45) is 7.52. The largest absolute Gasteiger partial charge is 0.508 e. The van der Waals surface area contributed by atoms with E-state index in [0.717, 1.165) is 25.7 Å². The fourth-order valence-corrected chi connectivity index (χ4v) is 3.17. The van der Waals surface area contributed by atoms with Gasteiger partial charge in [0.25, 0.3) is 0 Å². The van der Waals surface area contributed by atoms with Gasteiger partial charge in [0.1, 0.15) is 11.9 Å². The highest BCUT2D eigenvalue weighted by atomic mass is 16.5. The Hall–Kier alpha value is -2.01. The second kappa shape index (κ2) is 8.73. The molecule has 1 atom stereocenters. The third-order valence-corrected chi connectivity index (χ3v) is 4.51. The van der Waals surface area contributed by atoms with E-state index in [0.29, 0.717) is 11.3 Å². The van der Waals surface area contributed by atoms with Gasteiger partial charge in [-0.15, -0.1) is 0 Å². The summed E-state index contributed by atoms with van der Waals surface area (Å²) in [6, 6.07) is 5.83. The Morgan fingerprint density at radius 3 is 2.42 bits per heavy atom. The van der Waals surface area contributed by atoms with Gasteiger partial charge >= 0.3 is 5.97 Å². The molecule has 5 nitrogen and oxygen atoms in total. The topological polar surface area (TPSA) is 98.6 Å². The van der Waals surface area contributed by atoms with Crippen molar-refractivity contribution in [3.8, 4) is 5.75 Å². The molecular formula is C19H28N2O3. The number of carbonyl (C=O) groups excluding carboxylic acids is 1. The Morgan fingerprint density at radius 2 is 1.83 bits per heavy atom. The van der Waals surface area contributed by atoms with Gasteiger partial charge in [0.2, 0.25) is 0 Å². The van der Waals surface area contributed by atoms with E-state index < -0.39 is 12.0 Å². The number of hydrogen-bond donors (Lipinski definition) is 3. The molecule has 0 aliphatic heterocycles. The van der Waals surface area contributed by atoms with Crippen LogP contribution < -0.4 is 11.5 Å². The van der Waals surface area contributed by atoms with Crippen molar-refractivity contribution < 1.29 is 14.6 Å².